The molecule has 2 aromatic heterocycles. The summed E-state index contributed by atoms with van der Waals surface area (Å²) in [7, 11) is 0. The van der Waals surface area contributed by atoms with E-state index in [1.54, 1.807) is 17.5 Å². The minimum absolute atomic E-state index is 0.0154. The Labute approximate surface area is 144 Å². The quantitative estimate of drug-likeness (QED) is 0.669. The van der Waals surface area contributed by atoms with Crippen LogP contribution in [-0.2, 0) is 0 Å². The molecule has 0 aliphatic heterocycles. The van der Waals surface area contributed by atoms with Gasteiger partial charge in [-0.3, -0.25) is 10.1 Å². The number of benzene rings is 1. The summed E-state index contributed by atoms with van der Waals surface area (Å²) >= 11 is 12.9. The summed E-state index contributed by atoms with van der Waals surface area (Å²) in [5, 5.41) is 5.03. The number of thiazole rings is 1. The number of carbonyl (C=O) groups excluding carboxylic acids is 1. The molecule has 1 amide bonds. The van der Waals surface area contributed by atoms with Gasteiger partial charge >= 0.3 is 0 Å². The number of amides is 1. The van der Waals surface area contributed by atoms with Crippen molar-refractivity contribution < 1.29 is 9.18 Å². The maximum absolute atomic E-state index is 13.2. The molecule has 3 aromatic rings. The second-order valence-corrected chi connectivity index (χ2v) is 6.12. The molecule has 0 saturated heterocycles. The van der Waals surface area contributed by atoms with E-state index in [0.717, 1.165) is 0 Å². The lowest BCUT2D eigenvalue weighted by molar-refractivity contribution is 0.102. The van der Waals surface area contributed by atoms with E-state index in [0.29, 0.717) is 16.4 Å². The van der Waals surface area contributed by atoms with E-state index in [2.05, 4.69) is 15.3 Å². The number of anilines is 1. The van der Waals surface area contributed by atoms with Gasteiger partial charge in [-0.1, -0.05) is 35.3 Å². The van der Waals surface area contributed by atoms with Gasteiger partial charge in [0.25, 0.3) is 5.91 Å². The number of hydrogen-bond donors (Lipinski definition) is 1. The van der Waals surface area contributed by atoms with Gasteiger partial charge in [0, 0.05) is 10.9 Å². The van der Waals surface area contributed by atoms with Gasteiger partial charge in [0.05, 0.1) is 10.7 Å². The number of hydrogen-bond acceptors (Lipinski definition) is 4. The molecule has 3 rings (SSSR count). The first-order chi connectivity index (χ1) is 11.0. The fourth-order valence-electron chi connectivity index (χ4n) is 1.85. The van der Waals surface area contributed by atoms with Crippen LogP contribution in [0.5, 0.6) is 0 Å². The lowest BCUT2D eigenvalue weighted by Crippen LogP contribution is -2.14. The predicted molar refractivity (Wildman–Crippen MR) is 89.7 cm³/mol. The zero-order chi connectivity index (χ0) is 16.4. The van der Waals surface area contributed by atoms with Crippen molar-refractivity contribution in [2.45, 2.75) is 0 Å². The van der Waals surface area contributed by atoms with E-state index in [1.807, 2.05) is 0 Å². The molecule has 0 aliphatic rings. The van der Waals surface area contributed by atoms with Crippen LogP contribution in [0.1, 0.15) is 10.5 Å². The number of nitrogens with one attached hydrogen (secondary N) is 1. The molecule has 4 nitrogen and oxygen atoms in total. The highest BCUT2D eigenvalue weighted by molar-refractivity contribution is 7.14. The third-order valence-corrected chi connectivity index (χ3v) is 4.15. The Morgan fingerprint density at radius 2 is 2.00 bits per heavy atom. The topological polar surface area (TPSA) is 54.9 Å². The Hall–Kier alpha value is -2.02. The Kier molecular flexibility index (Phi) is 4.56. The van der Waals surface area contributed by atoms with Crippen molar-refractivity contribution in [2.24, 2.45) is 0 Å². The Bertz CT molecular complexity index is 885. The van der Waals surface area contributed by atoms with Crippen LogP contribution in [0.2, 0.25) is 10.2 Å². The largest absolute Gasteiger partial charge is 0.296 e. The van der Waals surface area contributed by atoms with E-state index in [-0.39, 0.29) is 21.7 Å². The van der Waals surface area contributed by atoms with Crippen LogP contribution < -0.4 is 5.32 Å². The molecule has 0 spiro atoms. The summed E-state index contributed by atoms with van der Waals surface area (Å²) in [6.45, 7) is 0. The van der Waals surface area contributed by atoms with Gasteiger partial charge < -0.3 is 0 Å². The fourth-order valence-corrected chi connectivity index (χ4v) is 2.90. The Morgan fingerprint density at radius 1 is 1.17 bits per heavy atom. The summed E-state index contributed by atoms with van der Waals surface area (Å²) < 4.78 is 13.2. The average Bonchev–Trinajstić information content (AvgIpc) is 2.98. The van der Waals surface area contributed by atoms with Crippen molar-refractivity contribution in [1.29, 1.82) is 0 Å². The van der Waals surface area contributed by atoms with Crippen LogP contribution in [0.15, 0.2) is 41.8 Å². The van der Waals surface area contributed by atoms with Gasteiger partial charge in [-0.2, -0.15) is 0 Å². The number of pyridine rings is 1. The summed E-state index contributed by atoms with van der Waals surface area (Å²) in [6, 6.07) is 9.04. The first-order valence-electron chi connectivity index (χ1n) is 6.38. The van der Waals surface area contributed by atoms with Crippen LogP contribution in [0, 0.1) is 5.82 Å². The van der Waals surface area contributed by atoms with Crippen LogP contribution in [0.25, 0.3) is 11.3 Å². The van der Waals surface area contributed by atoms with E-state index < -0.39 is 5.91 Å². The molecule has 116 valence electrons. The highest BCUT2D eigenvalue weighted by atomic mass is 35.5. The van der Waals surface area contributed by atoms with Crippen molar-refractivity contribution in [1.82, 2.24) is 9.97 Å². The van der Waals surface area contributed by atoms with Crippen molar-refractivity contribution in [2.75, 3.05) is 5.32 Å². The minimum atomic E-state index is -0.516. The maximum Gasteiger partial charge on any atom is 0.277 e. The van der Waals surface area contributed by atoms with Crippen molar-refractivity contribution >= 4 is 45.6 Å². The molecule has 23 heavy (non-hydrogen) atoms. The molecule has 1 N–H and O–H groups in total. The summed E-state index contributed by atoms with van der Waals surface area (Å²) in [5.74, 6) is -0.867. The smallest absolute Gasteiger partial charge is 0.277 e. The van der Waals surface area contributed by atoms with Gasteiger partial charge in [-0.15, -0.1) is 11.3 Å². The molecule has 0 unspecified atom stereocenters. The molecule has 1 aromatic carbocycles. The van der Waals surface area contributed by atoms with Crippen LogP contribution >= 0.6 is 34.5 Å². The van der Waals surface area contributed by atoms with E-state index in [4.69, 9.17) is 23.2 Å². The summed E-state index contributed by atoms with van der Waals surface area (Å²) in [4.78, 5) is 20.3. The number of aromatic nitrogens is 2. The Morgan fingerprint density at radius 3 is 2.78 bits per heavy atom. The average molecular weight is 368 g/mol. The zero-order valence-corrected chi connectivity index (χ0v) is 13.7. The molecule has 0 radical (unpaired) electrons. The molecule has 0 bridgehead atoms. The van der Waals surface area contributed by atoms with Gasteiger partial charge in [-0.25, -0.2) is 14.4 Å². The van der Waals surface area contributed by atoms with Crippen molar-refractivity contribution in [3.05, 3.63) is 63.5 Å². The SMILES string of the molecule is O=C(Nc1nc(-c2cccc(F)c2)cs1)c1nc(Cl)ccc1Cl. The van der Waals surface area contributed by atoms with E-state index in [9.17, 15) is 9.18 Å². The first-order valence-corrected chi connectivity index (χ1v) is 8.01. The number of nitrogens with zero attached hydrogens (tertiary/aromatic N) is 2. The van der Waals surface area contributed by atoms with Crippen molar-refractivity contribution in [3.63, 3.8) is 0 Å². The molecular formula is C15H8Cl2FN3OS. The van der Waals surface area contributed by atoms with Crippen LogP contribution in [0.4, 0.5) is 9.52 Å². The van der Waals surface area contributed by atoms with E-state index >= 15 is 0 Å². The summed E-state index contributed by atoms with van der Waals surface area (Å²) in [6.07, 6.45) is 0. The van der Waals surface area contributed by atoms with Gasteiger partial charge in [-0.05, 0) is 24.3 Å². The second-order valence-electron chi connectivity index (χ2n) is 4.47. The Balaban J connectivity index is 1.81. The monoisotopic (exact) mass is 367 g/mol. The number of halogens is 3. The standard InChI is InChI=1S/C15H8Cl2FN3OS/c16-10-4-5-12(17)20-13(10)14(22)21-15-19-11(7-23-15)8-2-1-3-9(18)6-8/h1-7H,(H,19,21,22). The van der Waals surface area contributed by atoms with Gasteiger partial charge in [0.1, 0.15) is 16.7 Å². The molecule has 0 saturated carbocycles. The number of rotatable bonds is 3. The molecule has 0 atom stereocenters. The molecule has 0 aliphatic carbocycles. The van der Waals surface area contributed by atoms with E-state index in [1.165, 1.54) is 35.6 Å². The molecular weight excluding hydrogens is 360 g/mol. The van der Waals surface area contributed by atoms with Gasteiger partial charge in [0.15, 0.2) is 5.13 Å². The van der Waals surface area contributed by atoms with Gasteiger partial charge in [0.2, 0.25) is 0 Å². The molecule has 0 fully saturated rings. The highest BCUT2D eigenvalue weighted by Gasteiger charge is 2.15. The first kappa shape index (κ1) is 15.9. The lowest BCUT2D eigenvalue weighted by atomic mass is 10.2. The third kappa shape index (κ3) is 3.67. The fraction of sp³-hybridized carbons (Fsp3) is 0. The lowest BCUT2D eigenvalue weighted by Gasteiger charge is -2.03. The summed E-state index contributed by atoms with van der Waals surface area (Å²) in [5.41, 5.74) is 1.21. The molecule has 8 heteroatoms. The molecule has 2 heterocycles. The third-order valence-electron chi connectivity index (χ3n) is 2.87. The van der Waals surface area contributed by atoms with Crippen LogP contribution in [0.3, 0.4) is 0 Å². The normalized spacial score (nSPS) is 10.6. The minimum Gasteiger partial charge on any atom is -0.296 e. The predicted octanol–water partition coefficient (Wildman–Crippen LogP) is 4.90. The highest BCUT2D eigenvalue weighted by Crippen LogP contribution is 2.26. The number of carbonyl (C=O) groups is 1. The van der Waals surface area contributed by atoms with Crippen molar-refractivity contribution in [3.8, 4) is 11.3 Å². The zero-order valence-electron chi connectivity index (χ0n) is 11.4. The maximum atomic E-state index is 13.2. The van der Waals surface area contributed by atoms with Crippen LogP contribution in [-0.4, -0.2) is 15.9 Å². The second kappa shape index (κ2) is 6.62.